The van der Waals surface area contributed by atoms with Crippen LogP contribution >= 0.6 is 0 Å². The largest absolute Gasteiger partial charge is 0.493 e. The number of ether oxygens (including phenoxy) is 3. The summed E-state index contributed by atoms with van der Waals surface area (Å²) in [6.07, 6.45) is 1.01. The van der Waals surface area contributed by atoms with Crippen LogP contribution in [0.1, 0.15) is 26.1 Å². The predicted octanol–water partition coefficient (Wildman–Crippen LogP) is 3.76. The number of rotatable bonds is 8. The fourth-order valence-corrected chi connectivity index (χ4v) is 2.36. The van der Waals surface area contributed by atoms with Crippen molar-refractivity contribution >= 4 is 17.3 Å². The van der Waals surface area contributed by atoms with E-state index in [1.807, 2.05) is 25.1 Å². The summed E-state index contributed by atoms with van der Waals surface area (Å²) in [6.45, 7) is 6.10. The van der Waals surface area contributed by atoms with E-state index in [4.69, 9.17) is 14.2 Å². The van der Waals surface area contributed by atoms with Gasteiger partial charge in [-0.2, -0.15) is 0 Å². The average Bonchev–Trinajstić information content (AvgIpc) is 2.60. The molecule has 2 aromatic rings. The fraction of sp³-hybridized carbons (Fsp3) is 0.444. The molecule has 2 N–H and O–H groups in total. The summed E-state index contributed by atoms with van der Waals surface area (Å²) in [4.78, 5) is 8.87. The molecule has 0 saturated heterocycles. The van der Waals surface area contributed by atoms with Crippen LogP contribution < -0.4 is 24.8 Å². The van der Waals surface area contributed by atoms with Crippen molar-refractivity contribution in [2.45, 2.75) is 33.2 Å². The highest BCUT2D eigenvalue weighted by molar-refractivity contribution is 5.67. The number of aryl methyl sites for hydroxylation is 1. The molecule has 1 aromatic carbocycles. The first-order valence-corrected chi connectivity index (χ1v) is 8.19. The van der Waals surface area contributed by atoms with E-state index in [9.17, 15) is 0 Å². The number of nitrogens with one attached hydrogen (secondary N) is 2. The molecule has 25 heavy (non-hydrogen) atoms. The standard InChI is InChI=1S/C18H26N4O3/c1-7-11(2)19-16-10-17(21-12(3)20-16)22-13-8-14(23-4)18(25-6)15(9-13)24-5/h8-11H,7H2,1-6H3,(H2,19,20,21,22). The molecule has 0 bridgehead atoms. The number of anilines is 3. The minimum Gasteiger partial charge on any atom is -0.493 e. The van der Waals surface area contributed by atoms with E-state index in [1.54, 1.807) is 21.3 Å². The highest BCUT2D eigenvalue weighted by Gasteiger charge is 2.14. The molecule has 0 radical (unpaired) electrons. The number of hydrogen-bond donors (Lipinski definition) is 2. The number of nitrogens with zero attached hydrogens (tertiary/aromatic N) is 2. The number of methoxy groups -OCH3 is 3. The van der Waals surface area contributed by atoms with E-state index in [1.165, 1.54) is 0 Å². The Hall–Kier alpha value is -2.70. The minimum absolute atomic E-state index is 0.336. The van der Waals surface area contributed by atoms with Crippen molar-refractivity contribution in [3.05, 3.63) is 24.0 Å². The smallest absolute Gasteiger partial charge is 0.203 e. The van der Waals surface area contributed by atoms with Crippen molar-refractivity contribution in [1.82, 2.24) is 9.97 Å². The molecule has 0 aliphatic carbocycles. The molecule has 1 unspecified atom stereocenters. The molecule has 2 rings (SSSR count). The Bertz CT molecular complexity index is 696. The summed E-state index contributed by atoms with van der Waals surface area (Å²) < 4.78 is 16.1. The summed E-state index contributed by atoms with van der Waals surface area (Å²) in [5.41, 5.74) is 0.780. The maximum atomic E-state index is 5.38. The molecule has 0 amide bonds. The zero-order chi connectivity index (χ0) is 18.4. The van der Waals surface area contributed by atoms with E-state index in [2.05, 4.69) is 34.4 Å². The fourth-order valence-electron chi connectivity index (χ4n) is 2.36. The Balaban J connectivity index is 2.33. The molecule has 1 heterocycles. The molecule has 136 valence electrons. The SMILES string of the molecule is CCC(C)Nc1cc(Nc2cc(OC)c(OC)c(OC)c2)nc(C)n1. The average molecular weight is 346 g/mol. The lowest BCUT2D eigenvalue weighted by Gasteiger charge is -2.16. The Morgan fingerprint density at radius 1 is 0.960 bits per heavy atom. The lowest BCUT2D eigenvalue weighted by molar-refractivity contribution is 0.324. The van der Waals surface area contributed by atoms with Crippen LogP contribution in [0, 0.1) is 6.92 Å². The van der Waals surface area contributed by atoms with Gasteiger partial charge >= 0.3 is 0 Å². The Morgan fingerprint density at radius 3 is 2.08 bits per heavy atom. The van der Waals surface area contributed by atoms with Gasteiger partial charge in [-0.3, -0.25) is 0 Å². The highest BCUT2D eigenvalue weighted by atomic mass is 16.5. The van der Waals surface area contributed by atoms with Gasteiger partial charge in [0.25, 0.3) is 0 Å². The Morgan fingerprint density at radius 2 is 1.56 bits per heavy atom. The molecule has 1 atom stereocenters. The van der Waals surface area contributed by atoms with Crippen LogP contribution in [0.2, 0.25) is 0 Å². The normalized spacial score (nSPS) is 11.6. The minimum atomic E-state index is 0.336. The van der Waals surface area contributed by atoms with Gasteiger partial charge in [0.2, 0.25) is 5.75 Å². The second-order valence-electron chi connectivity index (χ2n) is 5.68. The van der Waals surface area contributed by atoms with Gasteiger partial charge in [-0.1, -0.05) is 6.92 Å². The Labute approximate surface area is 148 Å². The third kappa shape index (κ3) is 4.65. The summed E-state index contributed by atoms with van der Waals surface area (Å²) in [5, 5.41) is 6.63. The first-order chi connectivity index (χ1) is 12.0. The monoisotopic (exact) mass is 346 g/mol. The van der Waals surface area contributed by atoms with Crippen molar-refractivity contribution in [2.75, 3.05) is 32.0 Å². The molecule has 0 fully saturated rings. The zero-order valence-electron chi connectivity index (χ0n) is 15.6. The van der Waals surface area contributed by atoms with Gasteiger partial charge in [0.15, 0.2) is 11.5 Å². The van der Waals surface area contributed by atoms with Gasteiger partial charge in [0.05, 0.1) is 21.3 Å². The third-order valence-electron chi connectivity index (χ3n) is 3.78. The van der Waals surface area contributed by atoms with Crippen molar-refractivity contribution in [3.8, 4) is 17.2 Å². The zero-order valence-corrected chi connectivity index (χ0v) is 15.6. The van der Waals surface area contributed by atoms with E-state index < -0.39 is 0 Å². The first kappa shape index (κ1) is 18.6. The lowest BCUT2D eigenvalue weighted by atomic mass is 10.2. The van der Waals surface area contributed by atoms with Crippen LogP contribution in [0.3, 0.4) is 0 Å². The van der Waals surface area contributed by atoms with E-state index in [0.717, 1.165) is 17.9 Å². The maximum absolute atomic E-state index is 5.38. The van der Waals surface area contributed by atoms with Crippen molar-refractivity contribution in [3.63, 3.8) is 0 Å². The van der Waals surface area contributed by atoms with Crippen LogP contribution in [-0.2, 0) is 0 Å². The van der Waals surface area contributed by atoms with Gasteiger partial charge < -0.3 is 24.8 Å². The van der Waals surface area contributed by atoms with Crippen molar-refractivity contribution < 1.29 is 14.2 Å². The van der Waals surface area contributed by atoms with Gasteiger partial charge in [0, 0.05) is 29.9 Å². The Kier molecular flexibility index (Phi) is 6.27. The van der Waals surface area contributed by atoms with E-state index in [0.29, 0.717) is 34.9 Å². The molecular weight excluding hydrogens is 320 g/mol. The summed E-state index contributed by atoms with van der Waals surface area (Å²) in [5.74, 6) is 3.86. The van der Waals surface area contributed by atoms with Crippen molar-refractivity contribution in [1.29, 1.82) is 0 Å². The summed E-state index contributed by atoms with van der Waals surface area (Å²) in [7, 11) is 4.75. The second kappa shape index (κ2) is 8.41. The second-order valence-corrected chi connectivity index (χ2v) is 5.68. The number of benzene rings is 1. The van der Waals surface area contributed by atoms with Crippen molar-refractivity contribution in [2.24, 2.45) is 0 Å². The van der Waals surface area contributed by atoms with Crippen LogP contribution in [0.5, 0.6) is 17.2 Å². The predicted molar refractivity (Wildman–Crippen MR) is 99.5 cm³/mol. The molecule has 1 aromatic heterocycles. The molecule has 0 saturated carbocycles. The molecule has 0 aliphatic rings. The van der Waals surface area contributed by atoms with Crippen LogP contribution in [0.4, 0.5) is 17.3 Å². The van der Waals surface area contributed by atoms with Gasteiger partial charge in [-0.05, 0) is 20.3 Å². The lowest BCUT2D eigenvalue weighted by Crippen LogP contribution is -2.15. The van der Waals surface area contributed by atoms with E-state index in [-0.39, 0.29) is 0 Å². The first-order valence-electron chi connectivity index (χ1n) is 8.19. The molecule has 7 nitrogen and oxygen atoms in total. The molecular formula is C18H26N4O3. The van der Waals surface area contributed by atoms with Crippen LogP contribution in [0.15, 0.2) is 18.2 Å². The number of hydrogen-bond acceptors (Lipinski definition) is 7. The highest BCUT2D eigenvalue weighted by Crippen LogP contribution is 2.40. The third-order valence-corrected chi connectivity index (χ3v) is 3.78. The quantitative estimate of drug-likeness (QED) is 0.753. The summed E-state index contributed by atoms with van der Waals surface area (Å²) in [6, 6.07) is 5.88. The maximum Gasteiger partial charge on any atom is 0.203 e. The van der Waals surface area contributed by atoms with Crippen LogP contribution in [0.25, 0.3) is 0 Å². The van der Waals surface area contributed by atoms with Gasteiger partial charge in [0.1, 0.15) is 17.5 Å². The van der Waals surface area contributed by atoms with Gasteiger partial charge in [-0.25, -0.2) is 9.97 Å². The van der Waals surface area contributed by atoms with Gasteiger partial charge in [-0.15, -0.1) is 0 Å². The summed E-state index contributed by atoms with van der Waals surface area (Å²) >= 11 is 0. The van der Waals surface area contributed by atoms with Crippen LogP contribution in [-0.4, -0.2) is 37.3 Å². The topological polar surface area (TPSA) is 77.5 Å². The molecule has 0 spiro atoms. The van der Waals surface area contributed by atoms with E-state index >= 15 is 0 Å². The number of aromatic nitrogens is 2. The molecule has 0 aliphatic heterocycles. The molecule has 7 heteroatoms.